The van der Waals surface area contributed by atoms with Crippen LogP contribution in [0.5, 0.6) is 0 Å². The van der Waals surface area contributed by atoms with E-state index in [4.69, 9.17) is 4.98 Å². The zero-order valence-corrected chi connectivity index (χ0v) is 35.9. The van der Waals surface area contributed by atoms with Crippen LogP contribution in [0.4, 0.5) is 11.8 Å². The van der Waals surface area contributed by atoms with Gasteiger partial charge in [-0.3, -0.25) is 38.5 Å². The molecule has 2 saturated carbocycles. The average molecular weight is 857 g/mol. The van der Waals surface area contributed by atoms with Gasteiger partial charge >= 0.3 is 5.69 Å². The Morgan fingerprint density at radius 2 is 1.74 bits per heavy atom. The summed E-state index contributed by atoms with van der Waals surface area (Å²) in [6.45, 7) is 3.89. The number of imide groups is 1. The van der Waals surface area contributed by atoms with Gasteiger partial charge in [-0.25, -0.2) is 9.78 Å². The fraction of sp³-hybridized carbons (Fsp3) is 0.651. The third-order valence-corrected chi connectivity index (χ3v) is 17.1. The van der Waals surface area contributed by atoms with Crippen LogP contribution >= 0.6 is 0 Å². The van der Waals surface area contributed by atoms with Crippen LogP contribution in [0.2, 0.25) is 0 Å². The normalized spacial score (nSPS) is 27.8. The van der Waals surface area contributed by atoms with E-state index in [0.717, 1.165) is 80.2 Å². The lowest BCUT2D eigenvalue weighted by Crippen LogP contribution is -2.67. The monoisotopic (exact) mass is 856 g/mol. The highest BCUT2D eigenvalue weighted by molar-refractivity contribution is 7.86. The molecule has 3 aromatic rings. The van der Waals surface area contributed by atoms with Crippen molar-refractivity contribution in [2.75, 3.05) is 36.4 Å². The van der Waals surface area contributed by atoms with Crippen LogP contribution in [0.3, 0.4) is 0 Å². The molecule has 17 nitrogen and oxygen atoms in total. The first-order valence-corrected chi connectivity index (χ1v) is 23.8. The molecule has 7 heterocycles. The second kappa shape index (κ2) is 15.3. The van der Waals surface area contributed by atoms with E-state index in [2.05, 4.69) is 22.5 Å². The minimum Gasteiger partial charge on any atom is -0.351 e. The maximum Gasteiger partial charge on any atom is 0.329 e. The topological polar surface area (TPSA) is 192 Å². The van der Waals surface area contributed by atoms with Gasteiger partial charge in [0.15, 0.2) is 0 Å². The largest absolute Gasteiger partial charge is 0.351 e. The summed E-state index contributed by atoms with van der Waals surface area (Å²) >= 11 is 0. The number of nitrogens with zero attached hydrogens (tertiary/aromatic N) is 8. The maximum absolute atomic E-state index is 13.9. The van der Waals surface area contributed by atoms with E-state index in [0.29, 0.717) is 69.2 Å². The molecule has 5 aliphatic heterocycles. The molecule has 2 N–H and O–H groups in total. The van der Waals surface area contributed by atoms with Gasteiger partial charge in [0, 0.05) is 76.0 Å². The van der Waals surface area contributed by atoms with Crippen molar-refractivity contribution in [3.63, 3.8) is 0 Å². The quantitative estimate of drug-likeness (QED) is 0.202. The number of nitrogens with one attached hydrogen (secondary N) is 2. The molecule has 4 saturated heterocycles. The van der Waals surface area contributed by atoms with Gasteiger partial charge in [0.25, 0.3) is 10.2 Å². The Bertz CT molecular complexity index is 2470. The standard InChI is InChI=1S/C43H56N10O7S/c1-26-7-6-9-30(26)53-38-29(43(18-19-43)40(53)57)24-44-41(47-38)45-28-15-20-49(21-16-28)61(59,60)51-25-35-31(51)17-22-50(35)37(55)10-5-3-4-8-27-11-12-32-34(23-27)48(2)42(58)52(32)33-13-14-36(54)46-39(33)56/h11-12,23-24,26,28,30-31,33,35H,3-10,13-22,25H2,1-2H3,(H,44,45,47)(H,46,54,56). The summed E-state index contributed by atoms with van der Waals surface area (Å²) in [5.74, 6) is 1.18. The number of hydrogen-bond donors (Lipinski definition) is 2. The van der Waals surface area contributed by atoms with Crippen molar-refractivity contribution in [3.8, 4) is 0 Å². The molecule has 0 radical (unpaired) electrons. The van der Waals surface area contributed by atoms with E-state index in [1.807, 2.05) is 34.2 Å². The van der Waals surface area contributed by atoms with Crippen molar-refractivity contribution >= 4 is 56.6 Å². The molecule has 5 atom stereocenters. The summed E-state index contributed by atoms with van der Waals surface area (Å²) in [4.78, 5) is 77.7. The minimum atomic E-state index is -3.67. The predicted octanol–water partition coefficient (Wildman–Crippen LogP) is 2.88. The fourth-order valence-corrected chi connectivity index (χ4v) is 13.2. The summed E-state index contributed by atoms with van der Waals surface area (Å²) in [7, 11) is -1.98. The second-order valence-electron chi connectivity index (χ2n) is 18.6. The van der Waals surface area contributed by atoms with Crippen molar-refractivity contribution < 1.29 is 27.6 Å². The number of aryl methyl sites for hydroxylation is 2. The lowest BCUT2D eigenvalue weighted by molar-refractivity contribution is -0.136. The lowest BCUT2D eigenvalue weighted by atomic mass is 10.0. The van der Waals surface area contributed by atoms with Crippen molar-refractivity contribution in [1.29, 1.82) is 0 Å². The maximum atomic E-state index is 13.9. The number of rotatable bonds is 12. The van der Waals surface area contributed by atoms with Crippen LogP contribution in [0.15, 0.2) is 29.2 Å². The van der Waals surface area contributed by atoms with Gasteiger partial charge in [-0.1, -0.05) is 25.8 Å². The van der Waals surface area contributed by atoms with E-state index in [1.165, 1.54) is 4.57 Å². The molecule has 0 bridgehead atoms. The fourth-order valence-electron chi connectivity index (χ4n) is 11.3. The summed E-state index contributed by atoms with van der Waals surface area (Å²) in [5, 5.41) is 5.81. The van der Waals surface area contributed by atoms with Crippen LogP contribution < -0.4 is 21.2 Å². The molecule has 7 aliphatic rings. The molecule has 2 aliphatic carbocycles. The number of carbonyl (C=O) groups excluding carboxylic acids is 4. The lowest BCUT2D eigenvalue weighted by Gasteiger charge is -2.47. The molecule has 5 unspecified atom stereocenters. The molecule has 61 heavy (non-hydrogen) atoms. The van der Waals surface area contributed by atoms with E-state index in [1.54, 1.807) is 20.2 Å². The van der Waals surface area contributed by atoms with Crippen LogP contribution in [-0.4, -0.2) is 115 Å². The Hall–Kier alpha value is -4.68. The van der Waals surface area contributed by atoms with Crippen LogP contribution in [0.1, 0.15) is 114 Å². The molecular weight excluding hydrogens is 801 g/mol. The van der Waals surface area contributed by atoms with E-state index >= 15 is 0 Å². The molecule has 1 aromatic carbocycles. The number of fused-ring (bicyclic) bond motifs is 4. The van der Waals surface area contributed by atoms with E-state index < -0.39 is 27.6 Å². The molecular formula is C43H56N10O7S. The van der Waals surface area contributed by atoms with Crippen molar-refractivity contribution in [3.05, 3.63) is 46.0 Å². The van der Waals surface area contributed by atoms with E-state index in [9.17, 15) is 32.4 Å². The number of imidazole rings is 1. The third kappa shape index (κ3) is 6.78. The third-order valence-electron chi connectivity index (χ3n) is 15.0. The highest BCUT2D eigenvalue weighted by atomic mass is 32.2. The van der Waals surface area contributed by atoms with Gasteiger partial charge in [-0.15, -0.1) is 0 Å². The minimum absolute atomic E-state index is 0.0117. The van der Waals surface area contributed by atoms with Crippen LogP contribution in [-0.2, 0) is 48.3 Å². The molecule has 2 aromatic heterocycles. The Labute approximate surface area is 355 Å². The number of aromatic nitrogens is 4. The number of piperidine rings is 2. The SMILES string of the molecule is CC1CCCC1N1C(=O)C2(CC2)c2cnc(NC3CCN(S(=O)(=O)N4CC5C4CCN5C(=O)CCCCCc4ccc5c(c4)n(C)c(=O)n5C4CCC(=O)NC4=O)CC3)nc21. The number of anilines is 2. The van der Waals surface area contributed by atoms with Gasteiger partial charge in [0.2, 0.25) is 29.6 Å². The first kappa shape index (κ1) is 40.4. The van der Waals surface area contributed by atoms with Crippen LogP contribution in [0.25, 0.3) is 11.0 Å². The Balaban J connectivity index is 0.678. The zero-order valence-electron chi connectivity index (χ0n) is 35.1. The Kier molecular flexibility index (Phi) is 10.1. The summed E-state index contributed by atoms with van der Waals surface area (Å²) in [6, 6.07) is 5.01. The summed E-state index contributed by atoms with van der Waals surface area (Å²) in [5.41, 5.74) is 2.69. The first-order valence-electron chi connectivity index (χ1n) is 22.4. The number of amides is 4. The van der Waals surface area contributed by atoms with E-state index in [-0.39, 0.29) is 60.4 Å². The molecule has 10 rings (SSSR count). The van der Waals surface area contributed by atoms with Gasteiger partial charge in [0.1, 0.15) is 11.9 Å². The molecule has 4 amide bonds. The number of unbranched alkanes of at least 4 members (excludes halogenated alkanes) is 2. The summed E-state index contributed by atoms with van der Waals surface area (Å²) in [6.07, 6.45) is 12.8. The number of benzene rings is 1. The van der Waals surface area contributed by atoms with Gasteiger partial charge < -0.3 is 10.2 Å². The van der Waals surface area contributed by atoms with Gasteiger partial charge in [-0.05, 0) is 94.2 Å². The predicted molar refractivity (Wildman–Crippen MR) is 226 cm³/mol. The zero-order chi connectivity index (χ0) is 42.4. The Morgan fingerprint density at radius 3 is 2.48 bits per heavy atom. The number of hydrogen-bond acceptors (Lipinski definition) is 10. The highest BCUT2D eigenvalue weighted by Crippen LogP contribution is 2.58. The smallest absolute Gasteiger partial charge is 0.329 e. The van der Waals surface area contributed by atoms with Crippen molar-refractivity contribution in [2.45, 2.75) is 139 Å². The second-order valence-corrected chi connectivity index (χ2v) is 20.5. The Morgan fingerprint density at radius 1 is 0.934 bits per heavy atom. The number of likely N-dealkylation sites (tertiary alicyclic amines) is 1. The highest BCUT2D eigenvalue weighted by Gasteiger charge is 2.62. The van der Waals surface area contributed by atoms with Gasteiger partial charge in [0.05, 0.1) is 22.5 Å². The van der Waals surface area contributed by atoms with Gasteiger partial charge in [-0.2, -0.15) is 22.0 Å². The molecule has 1 spiro atoms. The van der Waals surface area contributed by atoms with Crippen LogP contribution in [0, 0.1) is 5.92 Å². The summed E-state index contributed by atoms with van der Waals surface area (Å²) < 4.78 is 33.9. The first-order chi connectivity index (χ1) is 29.4. The molecule has 326 valence electrons. The molecule has 6 fully saturated rings. The molecule has 18 heteroatoms. The van der Waals surface area contributed by atoms with Crippen molar-refractivity contribution in [1.82, 2.24) is 37.9 Å². The van der Waals surface area contributed by atoms with Crippen molar-refractivity contribution in [2.24, 2.45) is 13.0 Å². The average Bonchev–Trinajstić information content (AvgIpc) is 3.65. The number of carbonyl (C=O) groups is 4.